The lowest BCUT2D eigenvalue weighted by Gasteiger charge is -2.26. The number of rotatable bonds is 4. The molecule has 148 valence electrons. The van der Waals surface area contributed by atoms with Crippen LogP contribution in [-0.4, -0.2) is 23.5 Å². The van der Waals surface area contributed by atoms with Crippen LogP contribution in [-0.2, 0) is 17.5 Å². The van der Waals surface area contributed by atoms with Gasteiger partial charge < -0.3 is 10.6 Å². The van der Waals surface area contributed by atoms with E-state index in [1.807, 2.05) is 5.38 Å². The van der Waals surface area contributed by atoms with Crippen molar-refractivity contribution in [1.82, 2.24) is 15.6 Å². The summed E-state index contributed by atoms with van der Waals surface area (Å²) in [5.74, 6) is 0.0432. The van der Waals surface area contributed by atoms with Crippen LogP contribution in [0.5, 0.6) is 0 Å². The molecule has 2 atom stereocenters. The summed E-state index contributed by atoms with van der Waals surface area (Å²) in [6, 6.07) is 5.28. The molecule has 0 saturated carbocycles. The molecule has 3 rings (SSSR count). The van der Waals surface area contributed by atoms with Crippen molar-refractivity contribution in [3.8, 4) is 10.6 Å². The highest BCUT2D eigenvalue weighted by atomic mass is 35.5. The third-order valence-electron chi connectivity index (χ3n) is 4.45. The predicted octanol–water partition coefficient (Wildman–Crippen LogP) is 4.26. The molecular formula is C18H21ClF3N3OS. The second-order valence-electron chi connectivity index (χ2n) is 6.51. The molecule has 2 aromatic rings. The van der Waals surface area contributed by atoms with Gasteiger partial charge in [0.05, 0.1) is 17.8 Å². The van der Waals surface area contributed by atoms with Crippen molar-refractivity contribution >= 4 is 29.7 Å². The number of aromatic nitrogens is 1. The molecule has 2 heterocycles. The van der Waals surface area contributed by atoms with Gasteiger partial charge in [-0.2, -0.15) is 13.2 Å². The quantitative estimate of drug-likeness (QED) is 0.778. The lowest BCUT2D eigenvalue weighted by molar-refractivity contribution is -0.137. The van der Waals surface area contributed by atoms with Crippen LogP contribution in [0.25, 0.3) is 10.6 Å². The van der Waals surface area contributed by atoms with Gasteiger partial charge in [-0.05, 0) is 38.4 Å². The highest BCUT2D eigenvalue weighted by molar-refractivity contribution is 7.13. The SMILES string of the molecule is C[C@H]1C[C@@H](C(=O)NCc2csc(-c3ccc(C(F)(F)F)cc3)n2)CCN1.Cl. The monoisotopic (exact) mass is 419 g/mol. The van der Waals surface area contributed by atoms with E-state index in [0.29, 0.717) is 28.9 Å². The second kappa shape index (κ2) is 9.03. The molecule has 1 fully saturated rings. The molecule has 0 spiro atoms. The van der Waals surface area contributed by atoms with E-state index in [0.717, 1.165) is 31.5 Å². The van der Waals surface area contributed by atoms with E-state index in [1.165, 1.54) is 23.5 Å². The Morgan fingerprint density at radius 1 is 1.33 bits per heavy atom. The molecule has 1 aromatic heterocycles. The van der Waals surface area contributed by atoms with Crippen LogP contribution >= 0.6 is 23.7 Å². The molecule has 9 heteroatoms. The van der Waals surface area contributed by atoms with Gasteiger partial charge in [0.15, 0.2) is 0 Å². The van der Waals surface area contributed by atoms with Gasteiger partial charge in [-0.25, -0.2) is 4.98 Å². The minimum absolute atomic E-state index is 0. The molecule has 0 aliphatic carbocycles. The zero-order valence-corrected chi connectivity index (χ0v) is 16.3. The van der Waals surface area contributed by atoms with E-state index in [1.54, 1.807) is 0 Å². The van der Waals surface area contributed by atoms with Gasteiger partial charge in [0.25, 0.3) is 0 Å². The lowest BCUT2D eigenvalue weighted by atomic mass is 9.92. The first-order chi connectivity index (χ1) is 12.3. The number of hydrogen-bond donors (Lipinski definition) is 2. The Morgan fingerprint density at radius 2 is 2.04 bits per heavy atom. The van der Waals surface area contributed by atoms with Gasteiger partial charge in [0.2, 0.25) is 5.91 Å². The summed E-state index contributed by atoms with van der Waals surface area (Å²) in [6.45, 7) is 3.23. The van der Waals surface area contributed by atoms with Crippen molar-refractivity contribution < 1.29 is 18.0 Å². The van der Waals surface area contributed by atoms with Crippen molar-refractivity contribution in [2.24, 2.45) is 5.92 Å². The molecular weight excluding hydrogens is 399 g/mol. The molecule has 1 aromatic carbocycles. The van der Waals surface area contributed by atoms with Crippen molar-refractivity contribution in [2.75, 3.05) is 6.54 Å². The summed E-state index contributed by atoms with van der Waals surface area (Å²) in [6.07, 6.45) is -2.70. The number of halogens is 4. The van der Waals surface area contributed by atoms with E-state index >= 15 is 0 Å². The number of thiazole rings is 1. The van der Waals surface area contributed by atoms with Gasteiger partial charge in [-0.1, -0.05) is 12.1 Å². The van der Waals surface area contributed by atoms with E-state index in [9.17, 15) is 18.0 Å². The number of piperidine rings is 1. The van der Waals surface area contributed by atoms with E-state index in [-0.39, 0.29) is 24.2 Å². The summed E-state index contributed by atoms with van der Waals surface area (Å²) >= 11 is 1.35. The number of nitrogens with one attached hydrogen (secondary N) is 2. The number of carbonyl (C=O) groups excluding carboxylic acids is 1. The Balaban J connectivity index is 0.00000261. The first-order valence-corrected chi connectivity index (χ1v) is 9.34. The minimum atomic E-state index is -4.34. The zero-order valence-electron chi connectivity index (χ0n) is 14.7. The smallest absolute Gasteiger partial charge is 0.350 e. The fourth-order valence-corrected chi connectivity index (χ4v) is 3.84. The molecule has 1 aliphatic rings. The number of benzene rings is 1. The Kier molecular flexibility index (Phi) is 7.25. The third-order valence-corrected chi connectivity index (χ3v) is 5.39. The number of nitrogens with zero attached hydrogens (tertiary/aromatic N) is 1. The van der Waals surface area contributed by atoms with Crippen LogP contribution in [0.15, 0.2) is 29.6 Å². The number of hydrogen-bond acceptors (Lipinski definition) is 4. The van der Waals surface area contributed by atoms with Crippen LogP contribution in [0.4, 0.5) is 13.2 Å². The summed E-state index contributed by atoms with van der Waals surface area (Å²) in [7, 11) is 0. The minimum Gasteiger partial charge on any atom is -0.350 e. The average molecular weight is 420 g/mol. The van der Waals surface area contributed by atoms with Gasteiger partial charge in [0, 0.05) is 22.9 Å². The Bertz CT molecular complexity index is 764. The van der Waals surface area contributed by atoms with Crippen LogP contribution in [0, 0.1) is 5.92 Å². The second-order valence-corrected chi connectivity index (χ2v) is 7.37. The first-order valence-electron chi connectivity index (χ1n) is 8.46. The summed E-state index contributed by atoms with van der Waals surface area (Å²) in [5, 5.41) is 8.68. The Hall–Kier alpha value is -1.64. The molecule has 1 saturated heterocycles. The molecule has 0 radical (unpaired) electrons. The molecule has 1 amide bonds. The highest BCUT2D eigenvalue weighted by Crippen LogP contribution is 2.31. The van der Waals surface area contributed by atoms with E-state index in [2.05, 4.69) is 22.5 Å². The van der Waals surface area contributed by atoms with Crippen molar-refractivity contribution in [2.45, 2.75) is 38.5 Å². The highest BCUT2D eigenvalue weighted by Gasteiger charge is 2.30. The third kappa shape index (κ3) is 5.67. The normalized spacial score (nSPS) is 20.0. The average Bonchev–Trinajstić information content (AvgIpc) is 3.08. The molecule has 2 N–H and O–H groups in total. The van der Waals surface area contributed by atoms with Gasteiger partial charge in [-0.15, -0.1) is 23.7 Å². The van der Waals surface area contributed by atoms with Gasteiger partial charge in [-0.3, -0.25) is 4.79 Å². The molecule has 0 unspecified atom stereocenters. The first kappa shape index (κ1) is 21.7. The lowest BCUT2D eigenvalue weighted by Crippen LogP contribution is -2.42. The molecule has 1 aliphatic heterocycles. The summed E-state index contributed by atoms with van der Waals surface area (Å²) in [4.78, 5) is 16.7. The fraction of sp³-hybridized carbons (Fsp3) is 0.444. The standard InChI is InChI=1S/C18H20F3N3OS.ClH/c1-11-8-13(6-7-22-11)16(25)23-9-15-10-26-17(24-15)12-2-4-14(5-3-12)18(19,20)21;/h2-5,10-11,13,22H,6-9H2,1H3,(H,23,25);1H/t11-,13-;/m0./s1. The van der Waals surface area contributed by atoms with Crippen molar-refractivity contribution in [1.29, 1.82) is 0 Å². The predicted molar refractivity (Wildman–Crippen MR) is 102 cm³/mol. The van der Waals surface area contributed by atoms with Crippen LogP contribution in [0.2, 0.25) is 0 Å². The number of carbonyl (C=O) groups is 1. The van der Waals surface area contributed by atoms with Crippen LogP contribution in [0.1, 0.15) is 31.0 Å². The number of alkyl halides is 3. The number of amides is 1. The summed E-state index contributed by atoms with van der Waals surface area (Å²) < 4.78 is 37.9. The van der Waals surface area contributed by atoms with E-state index in [4.69, 9.17) is 0 Å². The van der Waals surface area contributed by atoms with Gasteiger partial charge >= 0.3 is 6.18 Å². The molecule has 4 nitrogen and oxygen atoms in total. The van der Waals surface area contributed by atoms with E-state index < -0.39 is 11.7 Å². The largest absolute Gasteiger partial charge is 0.416 e. The van der Waals surface area contributed by atoms with Crippen molar-refractivity contribution in [3.05, 3.63) is 40.9 Å². The summed E-state index contributed by atoms with van der Waals surface area (Å²) in [5.41, 5.74) is 0.662. The maximum atomic E-state index is 12.6. The zero-order chi connectivity index (χ0) is 18.7. The topological polar surface area (TPSA) is 54.0 Å². The maximum absolute atomic E-state index is 12.6. The van der Waals surface area contributed by atoms with Crippen LogP contribution in [0.3, 0.4) is 0 Å². The fourth-order valence-electron chi connectivity index (χ4n) is 3.01. The van der Waals surface area contributed by atoms with Gasteiger partial charge in [0.1, 0.15) is 5.01 Å². The Morgan fingerprint density at radius 3 is 2.67 bits per heavy atom. The maximum Gasteiger partial charge on any atom is 0.416 e. The molecule has 27 heavy (non-hydrogen) atoms. The molecule has 0 bridgehead atoms. The Labute approximate surface area is 166 Å². The van der Waals surface area contributed by atoms with Crippen LogP contribution < -0.4 is 10.6 Å². The van der Waals surface area contributed by atoms with Crippen molar-refractivity contribution in [3.63, 3.8) is 0 Å².